The Morgan fingerprint density at radius 2 is 1.50 bits per heavy atom. The first-order chi connectivity index (χ1) is 18.0. The van der Waals surface area contributed by atoms with E-state index in [1.54, 1.807) is 6.08 Å². The zero-order valence-corrected chi connectivity index (χ0v) is 25.8. The maximum absolute atomic E-state index is 12.5. The first-order valence-electron chi connectivity index (χ1n) is 14.7. The molecule has 0 saturated carbocycles. The lowest BCUT2D eigenvalue weighted by Gasteiger charge is -2.29. The second-order valence-corrected chi connectivity index (χ2v) is 12.5. The van der Waals surface area contributed by atoms with Crippen LogP contribution < -0.4 is 10.2 Å². The predicted molar refractivity (Wildman–Crippen MR) is 155 cm³/mol. The molecule has 0 heterocycles. The molecule has 0 saturated heterocycles. The van der Waals surface area contributed by atoms with Crippen LogP contribution in [0.1, 0.15) is 104 Å². The molecule has 8 nitrogen and oxygen atoms in total. The van der Waals surface area contributed by atoms with Gasteiger partial charge in [0.15, 0.2) is 0 Å². The van der Waals surface area contributed by atoms with Crippen LogP contribution in [0.15, 0.2) is 24.3 Å². The average molecular weight is 561 g/mol. The highest BCUT2D eigenvalue weighted by Gasteiger charge is 2.23. The number of aliphatic hydroxyl groups excluding tert-OH is 1. The van der Waals surface area contributed by atoms with Gasteiger partial charge in [0.25, 0.3) is 7.82 Å². The van der Waals surface area contributed by atoms with Crippen LogP contribution in [0.25, 0.3) is 0 Å². The Bertz CT molecular complexity index is 693. The van der Waals surface area contributed by atoms with Crippen LogP contribution in [0, 0.1) is 0 Å². The molecule has 0 aliphatic rings. The minimum Gasteiger partial charge on any atom is -0.756 e. The van der Waals surface area contributed by atoms with E-state index in [-0.39, 0.29) is 19.1 Å². The Kier molecular flexibility index (Phi) is 22.1. The van der Waals surface area contributed by atoms with Gasteiger partial charge in [0.1, 0.15) is 13.2 Å². The van der Waals surface area contributed by atoms with Crippen molar-refractivity contribution < 1.29 is 32.9 Å². The lowest BCUT2D eigenvalue weighted by atomic mass is 10.1. The smallest absolute Gasteiger partial charge is 0.268 e. The maximum atomic E-state index is 12.5. The van der Waals surface area contributed by atoms with Crippen LogP contribution in [0.4, 0.5) is 0 Å². The number of carbonyl (C=O) groups excluding carboxylic acids is 1. The molecule has 3 unspecified atom stereocenters. The minimum absolute atomic E-state index is 0.00437. The van der Waals surface area contributed by atoms with E-state index in [0.717, 1.165) is 44.9 Å². The molecular formula is C29H57N2O6P. The van der Waals surface area contributed by atoms with Gasteiger partial charge in [-0.1, -0.05) is 83.1 Å². The van der Waals surface area contributed by atoms with Crippen LogP contribution in [0.3, 0.4) is 0 Å². The summed E-state index contributed by atoms with van der Waals surface area (Å²) in [7, 11) is 1.24. The van der Waals surface area contributed by atoms with Gasteiger partial charge in [-0.15, -0.1) is 0 Å². The summed E-state index contributed by atoms with van der Waals surface area (Å²) in [6.07, 6.45) is 21.6. The maximum Gasteiger partial charge on any atom is 0.268 e. The monoisotopic (exact) mass is 560 g/mol. The third-order valence-electron chi connectivity index (χ3n) is 6.14. The van der Waals surface area contributed by atoms with Gasteiger partial charge < -0.3 is 28.8 Å². The molecule has 1 amide bonds. The summed E-state index contributed by atoms with van der Waals surface area (Å²) in [5.41, 5.74) is 0. The molecule has 9 heteroatoms. The number of hydrogen-bond donors (Lipinski definition) is 2. The van der Waals surface area contributed by atoms with E-state index in [1.807, 2.05) is 34.1 Å². The molecule has 0 aliphatic heterocycles. The third-order valence-corrected chi connectivity index (χ3v) is 7.10. The van der Waals surface area contributed by atoms with Crippen molar-refractivity contribution >= 4 is 13.7 Å². The number of carbonyl (C=O) groups is 1. The molecule has 0 aromatic carbocycles. The second-order valence-electron chi connectivity index (χ2n) is 11.1. The number of rotatable bonds is 25. The Morgan fingerprint density at radius 1 is 0.895 bits per heavy atom. The van der Waals surface area contributed by atoms with E-state index >= 15 is 0 Å². The molecule has 0 bridgehead atoms. The van der Waals surface area contributed by atoms with Gasteiger partial charge in [-0.3, -0.25) is 9.36 Å². The lowest BCUT2D eigenvalue weighted by Crippen LogP contribution is -2.45. The van der Waals surface area contributed by atoms with E-state index < -0.39 is 20.0 Å². The number of unbranched alkanes of at least 4 members (excludes halogenated alkanes) is 10. The fourth-order valence-corrected chi connectivity index (χ4v) is 4.40. The molecule has 2 N–H and O–H groups in total. The Labute approximate surface area is 233 Å². The summed E-state index contributed by atoms with van der Waals surface area (Å²) in [6, 6.07) is -0.881. The molecule has 0 aromatic rings. The molecule has 0 aromatic heterocycles. The van der Waals surface area contributed by atoms with Crippen molar-refractivity contribution in [3.05, 3.63) is 24.3 Å². The van der Waals surface area contributed by atoms with E-state index in [9.17, 15) is 19.4 Å². The van der Waals surface area contributed by atoms with Crippen LogP contribution in [0.2, 0.25) is 0 Å². The highest BCUT2D eigenvalue weighted by molar-refractivity contribution is 7.45. The number of nitrogens with one attached hydrogen (secondary N) is 1. The standard InChI is InChI=1S/C29H57N2O6P/c1-6-8-10-11-12-13-14-15-16-17-18-19-21-23-29(33)30-27(28(32)22-20-9-7-2)26-37-38(34,35)36-25-24-31(3,4)5/h13-14,20,22,27-28,32H,6-12,15-19,21,23-26H2,1-5H3,(H-,30,33,34,35)/b14-13-,22-20+. The Hall–Kier alpha value is -1.02. The number of amides is 1. The summed E-state index contributed by atoms with van der Waals surface area (Å²) in [5.74, 6) is -0.223. The number of allylic oxidation sites excluding steroid dienone is 3. The van der Waals surface area contributed by atoms with Gasteiger partial charge >= 0.3 is 0 Å². The average Bonchev–Trinajstić information content (AvgIpc) is 2.83. The molecule has 0 rings (SSSR count). The fraction of sp³-hybridized carbons (Fsp3) is 0.828. The number of phosphoric ester groups is 1. The second kappa shape index (κ2) is 22.8. The Morgan fingerprint density at radius 3 is 2.11 bits per heavy atom. The van der Waals surface area contributed by atoms with Crippen molar-refractivity contribution in [3.8, 4) is 0 Å². The first-order valence-corrected chi connectivity index (χ1v) is 16.2. The fourth-order valence-electron chi connectivity index (χ4n) is 3.68. The third kappa shape index (κ3) is 24.1. The number of hydrogen-bond acceptors (Lipinski definition) is 6. The van der Waals surface area contributed by atoms with Gasteiger partial charge in [0.2, 0.25) is 5.91 Å². The van der Waals surface area contributed by atoms with E-state index in [4.69, 9.17) is 9.05 Å². The van der Waals surface area contributed by atoms with Gasteiger partial charge in [0.05, 0.1) is 39.9 Å². The molecule has 224 valence electrons. The van der Waals surface area contributed by atoms with Gasteiger partial charge in [-0.2, -0.15) is 0 Å². The number of likely N-dealkylation sites (N-methyl/N-ethyl adjacent to an activating group) is 1. The molecular weight excluding hydrogens is 503 g/mol. The molecule has 0 aliphatic carbocycles. The van der Waals surface area contributed by atoms with Crippen LogP contribution in [0.5, 0.6) is 0 Å². The zero-order valence-electron chi connectivity index (χ0n) is 24.9. The number of quaternary nitrogens is 1. The van der Waals surface area contributed by atoms with Gasteiger partial charge in [-0.05, 0) is 38.5 Å². The van der Waals surface area contributed by atoms with E-state index in [0.29, 0.717) is 17.4 Å². The van der Waals surface area contributed by atoms with Gasteiger partial charge in [0, 0.05) is 6.42 Å². The van der Waals surface area contributed by atoms with E-state index in [2.05, 4.69) is 24.4 Å². The van der Waals surface area contributed by atoms with Crippen molar-refractivity contribution in [2.75, 3.05) is 40.9 Å². The molecule has 0 spiro atoms. The van der Waals surface area contributed by atoms with Crippen molar-refractivity contribution in [1.29, 1.82) is 0 Å². The van der Waals surface area contributed by atoms with E-state index in [1.165, 1.54) is 38.5 Å². The predicted octanol–water partition coefficient (Wildman–Crippen LogP) is 5.65. The molecule has 38 heavy (non-hydrogen) atoms. The Balaban J connectivity index is 4.38. The normalized spacial score (nSPS) is 15.7. The topological polar surface area (TPSA) is 108 Å². The summed E-state index contributed by atoms with van der Waals surface area (Å²) >= 11 is 0. The summed E-state index contributed by atoms with van der Waals surface area (Å²) in [6.45, 7) is 4.35. The largest absolute Gasteiger partial charge is 0.756 e. The molecule has 3 atom stereocenters. The number of nitrogens with zero attached hydrogens (tertiary/aromatic N) is 1. The molecule has 0 radical (unpaired) electrons. The number of phosphoric acid groups is 1. The quantitative estimate of drug-likeness (QED) is 0.0646. The summed E-state index contributed by atoms with van der Waals surface area (Å²) < 4.78 is 22.7. The van der Waals surface area contributed by atoms with Crippen molar-refractivity contribution in [1.82, 2.24) is 5.32 Å². The van der Waals surface area contributed by atoms with Crippen molar-refractivity contribution in [2.24, 2.45) is 0 Å². The highest BCUT2D eigenvalue weighted by atomic mass is 31.2. The van der Waals surface area contributed by atoms with Crippen LogP contribution in [-0.4, -0.2) is 68.5 Å². The zero-order chi connectivity index (χ0) is 28.7. The van der Waals surface area contributed by atoms with Crippen molar-refractivity contribution in [2.45, 2.75) is 116 Å². The molecule has 0 fully saturated rings. The minimum atomic E-state index is -4.55. The highest BCUT2D eigenvalue weighted by Crippen LogP contribution is 2.38. The summed E-state index contributed by atoms with van der Waals surface area (Å²) in [5, 5.41) is 13.3. The van der Waals surface area contributed by atoms with Gasteiger partial charge in [-0.25, -0.2) is 0 Å². The summed E-state index contributed by atoms with van der Waals surface area (Å²) in [4.78, 5) is 24.7. The van der Waals surface area contributed by atoms with Crippen LogP contribution >= 0.6 is 7.82 Å². The number of aliphatic hydroxyl groups is 1. The lowest BCUT2D eigenvalue weighted by molar-refractivity contribution is -0.870. The SMILES string of the molecule is CCC/C=C/C(O)C(COP(=O)([O-])OCC[N+](C)(C)C)NC(=O)CCCCCCC/C=C\CCCCCC. The van der Waals surface area contributed by atoms with Crippen molar-refractivity contribution in [3.63, 3.8) is 0 Å². The van der Waals surface area contributed by atoms with Crippen LogP contribution in [-0.2, 0) is 18.4 Å². The first kappa shape index (κ1) is 37.0.